The molecule has 1 N–H and O–H groups in total. The van der Waals surface area contributed by atoms with Crippen LogP contribution in [0.25, 0.3) is 0 Å². The van der Waals surface area contributed by atoms with Gasteiger partial charge < -0.3 is 9.84 Å². The molecule has 0 saturated carbocycles. The number of fused-ring (bicyclic) bond motifs is 1. The van der Waals surface area contributed by atoms with Crippen molar-refractivity contribution < 1.29 is 14.6 Å². The third kappa shape index (κ3) is 2.66. The molecule has 0 aromatic carbocycles. The zero-order valence-corrected chi connectivity index (χ0v) is 11.2. The molecule has 1 aliphatic carbocycles. The van der Waals surface area contributed by atoms with E-state index < -0.39 is 6.10 Å². The summed E-state index contributed by atoms with van der Waals surface area (Å²) in [5, 5.41) is 9.95. The van der Waals surface area contributed by atoms with Crippen molar-refractivity contribution in [3.63, 3.8) is 0 Å². The molecule has 0 spiro atoms. The van der Waals surface area contributed by atoms with Crippen molar-refractivity contribution in [2.75, 3.05) is 0 Å². The highest BCUT2D eigenvalue weighted by atomic mass is 16.6. The van der Waals surface area contributed by atoms with Crippen molar-refractivity contribution in [1.29, 1.82) is 0 Å². The first-order valence-electron chi connectivity index (χ1n) is 6.72. The highest BCUT2D eigenvalue weighted by Crippen LogP contribution is 2.35. The SMILES string of the molecule is C=C1CC[C@H]2[C@H](C)C(=O)O[C@@H]2/C=C(/C)CC[C@H]1O. The molecule has 1 heterocycles. The number of allylic oxidation sites excluding steroid dienone is 1. The van der Waals surface area contributed by atoms with Gasteiger partial charge in [-0.3, -0.25) is 4.79 Å². The Labute approximate surface area is 109 Å². The Morgan fingerprint density at radius 3 is 2.83 bits per heavy atom. The number of hydrogen-bond donors (Lipinski definition) is 1. The number of carbonyl (C=O) groups excluding carboxylic acids is 1. The van der Waals surface area contributed by atoms with Crippen LogP contribution in [0.4, 0.5) is 0 Å². The van der Waals surface area contributed by atoms with Crippen LogP contribution in [0.1, 0.15) is 39.5 Å². The molecule has 4 atom stereocenters. The van der Waals surface area contributed by atoms with Crippen LogP contribution in [0.15, 0.2) is 23.8 Å². The molecule has 2 rings (SSSR count). The summed E-state index contributed by atoms with van der Waals surface area (Å²) in [6.45, 7) is 7.92. The molecule has 0 unspecified atom stereocenters. The van der Waals surface area contributed by atoms with Gasteiger partial charge in [-0.15, -0.1) is 0 Å². The Kier molecular flexibility index (Phi) is 3.91. The maximum absolute atomic E-state index is 11.7. The summed E-state index contributed by atoms with van der Waals surface area (Å²) in [4.78, 5) is 11.7. The maximum Gasteiger partial charge on any atom is 0.309 e. The molecule has 0 amide bonds. The van der Waals surface area contributed by atoms with Crippen LogP contribution in [0.2, 0.25) is 0 Å². The highest BCUT2D eigenvalue weighted by Gasteiger charge is 2.40. The molecule has 3 heteroatoms. The van der Waals surface area contributed by atoms with Gasteiger partial charge in [-0.05, 0) is 44.3 Å². The van der Waals surface area contributed by atoms with Crippen LogP contribution in [0.5, 0.6) is 0 Å². The minimum Gasteiger partial charge on any atom is -0.458 e. The predicted molar refractivity (Wildman–Crippen MR) is 69.9 cm³/mol. The van der Waals surface area contributed by atoms with Gasteiger partial charge in [0.15, 0.2) is 0 Å². The number of esters is 1. The summed E-state index contributed by atoms with van der Waals surface area (Å²) in [7, 11) is 0. The smallest absolute Gasteiger partial charge is 0.309 e. The highest BCUT2D eigenvalue weighted by molar-refractivity contribution is 5.75. The zero-order valence-electron chi connectivity index (χ0n) is 11.2. The fourth-order valence-corrected chi connectivity index (χ4v) is 2.81. The van der Waals surface area contributed by atoms with Gasteiger partial charge >= 0.3 is 5.97 Å². The first-order chi connectivity index (χ1) is 8.49. The molecule has 0 radical (unpaired) electrons. The fraction of sp³-hybridized carbons (Fsp3) is 0.667. The van der Waals surface area contributed by atoms with E-state index in [0.29, 0.717) is 6.42 Å². The minimum atomic E-state index is -0.418. The van der Waals surface area contributed by atoms with E-state index in [4.69, 9.17) is 4.74 Å². The molecule has 0 aromatic heterocycles. The molecular formula is C15H22O3. The Bertz CT molecular complexity index is 383. The van der Waals surface area contributed by atoms with Crippen LogP contribution in [0, 0.1) is 11.8 Å². The van der Waals surface area contributed by atoms with Gasteiger partial charge in [0.25, 0.3) is 0 Å². The zero-order chi connectivity index (χ0) is 13.3. The number of ether oxygens (including phenoxy) is 1. The van der Waals surface area contributed by atoms with Crippen molar-refractivity contribution in [3.05, 3.63) is 23.8 Å². The number of rotatable bonds is 0. The van der Waals surface area contributed by atoms with E-state index in [2.05, 4.69) is 12.7 Å². The van der Waals surface area contributed by atoms with E-state index in [1.165, 1.54) is 5.57 Å². The molecule has 1 aliphatic heterocycles. The summed E-state index contributed by atoms with van der Waals surface area (Å²) >= 11 is 0. The monoisotopic (exact) mass is 250 g/mol. The number of aliphatic hydroxyl groups is 1. The fourth-order valence-electron chi connectivity index (χ4n) is 2.81. The lowest BCUT2D eigenvalue weighted by molar-refractivity contribution is -0.142. The average Bonchev–Trinajstić information content (AvgIpc) is 2.58. The Morgan fingerprint density at radius 1 is 1.39 bits per heavy atom. The lowest BCUT2D eigenvalue weighted by atomic mass is 9.83. The van der Waals surface area contributed by atoms with Crippen LogP contribution in [-0.4, -0.2) is 23.3 Å². The maximum atomic E-state index is 11.7. The average molecular weight is 250 g/mol. The summed E-state index contributed by atoms with van der Waals surface area (Å²) in [5.41, 5.74) is 2.07. The van der Waals surface area contributed by atoms with Crippen LogP contribution in [-0.2, 0) is 9.53 Å². The van der Waals surface area contributed by atoms with E-state index in [0.717, 1.165) is 24.8 Å². The summed E-state index contributed by atoms with van der Waals surface area (Å²) in [6, 6.07) is 0. The Hall–Kier alpha value is -1.09. The number of hydrogen-bond acceptors (Lipinski definition) is 3. The van der Waals surface area contributed by atoms with Crippen molar-refractivity contribution in [2.45, 2.75) is 51.7 Å². The van der Waals surface area contributed by atoms with E-state index in [1.807, 2.05) is 13.8 Å². The van der Waals surface area contributed by atoms with E-state index in [-0.39, 0.29) is 23.9 Å². The first-order valence-corrected chi connectivity index (χ1v) is 6.72. The lowest BCUT2D eigenvalue weighted by Gasteiger charge is -2.22. The van der Waals surface area contributed by atoms with Crippen LogP contribution >= 0.6 is 0 Å². The Balaban J connectivity index is 2.21. The second-order valence-corrected chi connectivity index (χ2v) is 5.62. The van der Waals surface area contributed by atoms with Gasteiger partial charge in [-0.1, -0.05) is 19.1 Å². The molecule has 100 valence electrons. The summed E-state index contributed by atoms with van der Waals surface area (Å²) in [5.74, 6) is 0.0670. The van der Waals surface area contributed by atoms with Crippen molar-refractivity contribution >= 4 is 5.97 Å². The molecular weight excluding hydrogens is 228 g/mol. The third-order valence-corrected chi connectivity index (χ3v) is 4.22. The van der Waals surface area contributed by atoms with Gasteiger partial charge in [0.1, 0.15) is 6.10 Å². The standard InChI is InChI=1S/C15H22O3/c1-9-4-7-13(16)10(2)5-6-12-11(3)15(17)18-14(12)8-9/h8,11-14,16H,2,4-7H2,1,3H3/b9-8-/t11-,12-,13+,14+/m0/s1. The van der Waals surface area contributed by atoms with Crippen molar-refractivity contribution in [2.24, 2.45) is 11.8 Å². The van der Waals surface area contributed by atoms with Crippen molar-refractivity contribution in [1.82, 2.24) is 0 Å². The summed E-state index contributed by atoms with van der Waals surface area (Å²) < 4.78 is 5.43. The minimum absolute atomic E-state index is 0.0524. The van der Waals surface area contributed by atoms with Gasteiger partial charge in [-0.25, -0.2) is 0 Å². The van der Waals surface area contributed by atoms with Crippen molar-refractivity contribution in [3.8, 4) is 0 Å². The quantitative estimate of drug-likeness (QED) is 0.531. The van der Waals surface area contributed by atoms with E-state index >= 15 is 0 Å². The number of carbonyl (C=O) groups is 1. The van der Waals surface area contributed by atoms with E-state index in [9.17, 15) is 9.90 Å². The summed E-state index contributed by atoms with van der Waals surface area (Å²) in [6.07, 6.45) is 4.73. The predicted octanol–water partition coefficient (Wildman–Crippen LogP) is 2.60. The van der Waals surface area contributed by atoms with Gasteiger partial charge in [0.2, 0.25) is 0 Å². The van der Waals surface area contributed by atoms with Gasteiger partial charge in [0.05, 0.1) is 12.0 Å². The Morgan fingerprint density at radius 2 is 2.11 bits per heavy atom. The third-order valence-electron chi connectivity index (χ3n) is 4.22. The molecule has 0 bridgehead atoms. The largest absolute Gasteiger partial charge is 0.458 e. The molecule has 0 aromatic rings. The van der Waals surface area contributed by atoms with Crippen LogP contribution < -0.4 is 0 Å². The number of aliphatic hydroxyl groups excluding tert-OH is 1. The second kappa shape index (κ2) is 5.27. The lowest BCUT2D eigenvalue weighted by Crippen LogP contribution is -2.21. The topological polar surface area (TPSA) is 46.5 Å². The van der Waals surface area contributed by atoms with Crippen LogP contribution in [0.3, 0.4) is 0 Å². The molecule has 1 fully saturated rings. The molecule has 2 aliphatic rings. The normalized spacial score (nSPS) is 40.7. The van der Waals surface area contributed by atoms with E-state index in [1.54, 1.807) is 0 Å². The van der Waals surface area contributed by atoms with Gasteiger partial charge in [-0.2, -0.15) is 0 Å². The second-order valence-electron chi connectivity index (χ2n) is 5.62. The van der Waals surface area contributed by atoms with Gasteiger partial charge in [0, 0.05) is 5.92 Å². The molecule has 3 nitrogen and oxygen atoms in total. The first kappa shape index (κ1) is 13.3. The molecule has 1 saturated heterocycles. The molecule has 18 heavy (non-hydrogen) atoms.